The molecule has 2 heterocycles. The van der Waals surface area contributed by atoms with E-state index in [9.17, 15) is 0 Å². The largest absolute Gasteiger partial charge is 0.384 e. The summed E-state index contributed by atoms with van der Waals surface area (Å²) in [5, 5.41) is 8.84. The highest BCUT2D eigenvalue weighted by molar-refractivity contribution is 6.07. The van der Waals surface area contributed by atoms with Gasteiger partial charge in [-0.2, -0.15) is 0 Å². The van der Waals surface area contributed by atoms with Gasteiger partial charge in [-0.05, 0) is 13.0 Å². The molecular weight excluding hydrogens is 252 g/mol. The van der Waals surface area contributed by atoms with Gasteiger partial charge in [0.25, 0.3) is 0 Å². The predicted molar refractivity (Wildman–Crippen MR) is 80.4 cm³/mol. The van der Waals surface area contributed by atoms with Crippen molar-refractivity contribution >= 4 is 22.4 Å². The van der Waals surface area contributed by atoms with Crippen molar-refractivity contribution in [2.24, 2.45) is 5.73 Å². The average molecular weight is 270 g/mol. The molecule has 3 N–H and O–H groups in total. The first-order valence-corrected chi connectivity index (χ1v) is 6.75. The maximum absolute atomic E-state index is 7.80. The number of pyridine rings is 1. The van der Waals surface area contributed by atoms with Crippen LogP contribution in [0.2, 0.25) is 0 Å². The number of anilines is 1. The van der Waals surface area contributed by atoms with Crippen LogP contribution in [0.15, 0.2) is 30.5 Å². The fourth-order valence-electron chi connectivity index (χ4n) is 2.69. The minimum Gasteiger partial charge on any atom is -0.384 e. The Morgan fingerprint density at radius 1 is 1.45 bits per heavy atom. The lowest BCUT2D eigenvalue weighted by Gasteiger charge is -2.34. The Hall–Kier alpha value is -2.14. The Labute approximate surface area is 117 Å². The number of nitrogens with zero attached hydrogens (tertiary/aromatic N) is 2. The molecule has 1 atom stereocenters. The number of fused-ring (bicyclic) bond motifs is 1. The van der Waals surface area contributed by atoms with E-state index in [1.165, 1.54) is 0 Å². The summed E-state index contributed by atoms with van der Waals surface area (Å²) in [4.78, 5) is 6.64. The van der Waals surface area contributed by atoms with Gasteiger partial charge in [-0.25, -0.2) is 0 Å². The second kappa shape index (κ2) is 5.09. The Morgan fingerprint density at radius 3 is 3.00 bits per heavy atom. The van der Waals surface area contributed by atoms with Crippen molar-refractivity contribution in [1.29, 1.82) is 5.41 Å². The number of morpholine rings is 1. The summed E-state index contributed by atoms with van der Waals surface area (Å²) in [7, 11) is 0. The molecule has 0 radical (unpaired) electrons. The molecular formula is C15H18N4O. The van der Waals surface area contributed by atoms with Crippen LogP contribution in [0.25, 0.3) is 10.9 Å². The molecule has 5 nitrogen and oxygen atoms in total. The third-order valence-electron chi connectivity index (χ3n) is 3.59. The normalized spacial score (nSPS) is 19.2. The Kier molecular flexibility index (Phi) is 3.28. The lowest BCUT2D eigenvalue weighted by atomic mass is 10.1. The zero-order chi connectivity index (χ0) is 14.1. The topological polar surface area (TPSA) is 75.2 Å². The highest BCUT2D eigenvalue weighted by atomic mass is 16.5. The molecule has 0 amide bonds. The lowest BCUT2D eigenvalue weighted by molar-refractivity contribution is 0.0533. The minimum atomic E-state index is 0.0531. The maximum atomic E-state index is 7.80. The summed E-state index contributed by atoms with van der Waals surface area (Å²) in [6, 6.07) is 7.96. The standard InChI is InChI=1S/C15H18N4O/c1-10-9-19(6-7-20-10)14-11-4-2-3-5-13(11)18-8-12(14)15(16)17/h2-5,8,10H,6-7,9H2,1H3,(H3,16,17). The van der Waals surface area contributed by atoms with Gasteiger partial charge in [0.2, 0.25) is 0 Å². The zero-order valence-corrected chi connectivity index (χ0v) is 11.5. The molecule has 0 saturated carbocycles. The minimum absolute atomic E-state index is 0.0531. The summed E-state index contributed by atoms with van der Waals surface area (Å²) in [6.07, 6.45) is 1.87. The first-order chi connectivity index (χ1) is 9.66. The van der Waals surface area contributed by atoms with Crippen LogP contribution < -0.4 is 10.6 Å². The van der Waals surface area contributed by atoms with Gasteiger partial charge < -0.3 is 15.4 Å². The average Bonchev–Trinajstić information content (AvgIpc) is 2.46. The predicted octanol–water partition coefficient (Wildman–Crippen LogP) is 1.74. The van der Waals surface area contributed by atoms with E-state index in [1.54, 1.807) is 6.20 Å². The summed E-state index contributed by atoms with van der Waals surface area (Å²) >= 11 is 0. The van der Waals surface area contributed by atoms with Gasteiger partial charge in [0.1, 0.15) is 5.84 Å². The molecule has 1 saturated heterocycles. The quantitative estimate of drug-likeness (QED) is 0.644. The van der Waals surface area contributed by atoms with Gasteiger partial charge >= 0.3 is 0 Å². The molecule has 1 fully saturated rings. The monoisotopic (exact) mass is 270 g/mol. The number of nitrogens with one attached hydrogen (secondary N) is 1. The Bertz CT molecular complexity index is 655. The maximum Gasteiger partial charge on any atom is 0.126 e. The molecule has 1 aromatic carbocycles. The van der Waals surface area contributed by atoms with Crippen molar-refractivity contribution in [3.05, 3.63) is 36.0 Å². The van der Waals surface area contributed by atoms with Crippen LogP contribution in [0.1, 0.15) is 12.5 Å². The summed E-state index contributed by atoms with van der Waals surface area (Å²) in [6.45, 7) is 4.35. The highest BCUT2D eigenvalue weighted by Crippen LogP contribution is 2.30. The van der Waals surface area contributed by atoms with E-state index in [0.29, 0.717) is 12.2 Å². The molecule has 1 aromatic heterocycles. The van der Waals surface area contributed by atoms with E-state index in [1.807, 2.05) is 24.3 Å². The van der Waals surface area contributed by atoms with Crippen LogP contribution in [-0.4, -0.2) is 36.6 Å². The van der Waals surface area contributed by atoms with Gasteiger partial charge in [-0.3, -0.25) is 10.4 Å². The SMILES string of the molecule is CC1CN(c2c(C(=N)N)cnc3ccccc23)CCO1. The highest BCUT2D eigenvalue weighted by Gasteiger charge is 2.22. The molecule has 0 spiro atoms. The molecule has 2 aromatic rings. The number of nitrogens with two attached hydrogens (primary N) is 1. The molecule has 5 heteroatoms. The third kappa shape index (κ3) is 2.20. The number of nitrogen functional groups attached to an aromatic ring is 1. The molecule has 104 valence electrons. The van der Waals surface area contributed by atoms with Gasteiger partial charge in [-0.15, -0.1) is 0 Å². The van der Waals surface area contributed by atoms with Crippen LogP contribution >= 0.6 is 0 Å². The molecule has 1 unspecified atom stereocenters. The van der Waals surface area contributed by atoms with Crippen LogP contribution in [0.3, 0.4) is 0 Å². The van der Waals surface area contributed by atoms with Gasteiger partial charge in [0, 0.05) is 24.7 Å². The number of hydrogen-bond acceptors (Lipinski definition) is 4. The smallest absolute Gasteiger partial charge is 0.126 e. The van der Waals surface area contributed by atoms with Gasteiger partial charge in [0.05, 0.1) is 29.5 Å². The van der Waals surface area contributed by atoms with E-state index in [0.717, 1.165) is 29.7 Å². The number of hydrogen-bond donors (Lipinski definition) is 2. The van der Waals surface area contributed by atoms with Crippen LogP contribution in [0.4, 0.5) is 5.69 Å². The zero-order valence-electron chi connectivity index (χ0n) is 11.5. The van der Waals surface area contributed by atoms with E-state index >= 15 is 0 Å². The van der Waals surface area contributed by atoms with E-state index in [-0.39, 0.29) is 11.9 Å². The molecule has 20 heavy (non-hydrogen) atoms. The molecule has 1 aliphatic rings. The fraction of sp³-hybridized carbons (Fsp3) is 0.333. The Balaban J connectivity index is 2.19. The van der Waals surface area contributed by atoms with Crippen LogP contribution in [0, 0.1) is 5.41 Å². The number of amidine groups is 1. The first-order valence-electron chi connectivity index (χ1n) is 6.75. The van der Waals surface area contributed by atoms with Crippen molar-refractivity contribution in [3.8, 4) is 0 Å². The summed E-state index contributed by atoms with van der Waals surface area (Å²) in [5.41, 5.74) is 8.35. The van der Waals surface area contributed by atoms with Crippen molar-refractivity contribution in [2.75, 3.05) is 24.6 Å². The van der Waals surface area contributed by atoms with Crippen LogP contribution in [0.5, 0.6) is 0 Å². The van der Waals surface area contributed by atoms with E-state index in [2.05, 4.69) is 16.8 Å². The van der Waals surface area contributed by atoms with Crippen molar-refractivity contribution in [3.63, 3.8) is 0 Å². The molecule has 0 aliphatic carbocycles. The summed E-state index contributed by atoms with van der Waals surface area (Å²) in [5.74, 6) is 0.0531. The molecule has 1 aliphatic heterocycles. The van der Waals surface area contributed by atoms with Gasteiger partial charge in [-0.1, -0.05) is 18.2 Å². The second-order valence-corrected chi connectivity index (χ2v) is 5.08. The third-order valence-corrected chi connectivity index (χ3v) is 3.59. The number of benzene rings is 1. The second-order valence-electron chi connectivity index (χ2n) is 5.08. The lowest BCUT2D eigenvalue weighted by Crippen LogP contribution is -2.42. The summed E-state index contributed by atoms with van der Waals surface area (Å²) < 4.78 is 5.60. The number of rotatable bonds is 2. The number of aromatic nitrogens is 1. The first kappa shape index (κ1) is 12.9. The van der Waals surface area contributed by atoms with Crippen molar-refractivity contribution < 1.29 is 4.74 Å². The van der Waals surface area contributed by atoms with E-state index in [4.69, 9.17) is 15.9 Å². The Morgan fingerprint density at radius 2 is 2.25 bits per heavy atom. The molecule has 0 bridgehead atoms. The number of ether oxygens (including phenoxy) is 1. The van der Waals surface area contributed by atoms with Crippen LogP contribution in [-0.2, 0) is 4.74 Å². The van der Waals surface area contributed by atoms with Crippen molar-refractivity contribution in [2.45, 2.75) is 13.0 Å². The van der Waals surface area contributed by atoms with Gasteiger partial charge in [0.15, 0.2) is 0 Å². The number of para-hydroxylation sites is 1. The van der Waals surface area contributed by atoms with Crippen molar-refractivity contribution in [1.82, 2.24) is 4.98 Å². The molecule has 3 rings (SSSR count). The fourth-order valence-corrected chi connectivity index (χ4v) is 2.69. The van der Waals surface area contributed by atoms with E-state index < -0.39 is 0 Å².